The third kappa shape index (κ3) is 3.62. The zero-order chi connectivity index (χ0) is 15.5. The van der Waals surface area contributed by atoms with Crippen molar-refractivity contribution < 1.29 is 9.53 Å². The van der Waals surface area contributed by atoms with Crippen LogP contribution in [0.3, 0.4) is 0 Å². The molecule has 2 aromatic rings. The van der Waals surface area contributed by atoms with Crippen LogP contribution in [-0.2, 0) is 11.2 Å². The van der Waals surface area contributed by atoms with Gasteiger partial charge in [0.1, 0.15) is 11.9 Å². The Morgan fingerprint density at radius 3 is 3.05 bits per heavy atom. The lowest BCUT2D eigenvalue weighted by Crippen LogP contribution is -2.32. The summed E-state index contributed by atoms with van der Waals surface area (Å²) in [4.78, 5) is 22.7. The molecule has 5 nitrogen and oxygen atoms in total. The van der Waals surface area contributed by atoms with Crippen LogP contribution in [0.5, 0.6) is 5.88 Å². The summed E-state index contributed by atoms with van der Waals surface area (Å²) < 4.78 is 5.91. The van der Waals surface area contributed by atoms with Crippen LogP contribution in [0.4, 0.5) is 0 Å². The molecule has 0 aliphatic carbocycles. The molecule has 0 unspecified atom stereocenters. The van der Waals surface area contributed by atoms with Gasteiger partial charge in [-0.1, -0.05) is 0 Å². The first kappa shape index (κ1) is 15.0. The quantitative estimate of drug-likeness (QED) is 0.869. The molecule has 0 aromatic carbocycles. The third-order valence-electron chi connectivity index (χ3n) is 3.66. The van der Waals surface area contributed by atoms with Crippen LogP contribution in [-0.4, -0.2) is 40.0 Å². The molecule has 1 atom stereocenters. The highest BCUT2D eigenvalue weighted by Gasteiger charge is 2.28. The lowest BCUT2D eigenvalue weighted by molar-refractivity contribution is -0.129. The van der Waals surface area contributed by atoms with Crippen molar-refractivity contribution in [2.45, 2.75) is 32.8 Å². The van der Waals surface area contributed by atoms with Crippen LogP contribution < -0.4 is 4.74 Å². The minimum atomic E-state index is 0.0140. The Morgan fingerprint density at radius 2 is 2.32 bits per heavy atom. The predicted octanol–water partition coefficient (Wildman–Crippen LogP) is 2.38. The molecular weight excluding hydrogens is 298 g/mol. The Balaban J connectivity index is 1.56. The van der Waals surface area contributed by atoms with E-state index in [1.807, 2.05) is 41.6 Å². The van der Waals surface area contributed by atoms with E-state index in [2.05, 4.69) is 9.97 Å². The SMILES string of the molecule is Cc1cc(O[C@@H]2CCN(C(=O)Cc3ccsc3)C2)nc(C)n1. The van der Waals surface area contributed by atoms with Gasteiger partial charge < -0.3 is 9.64 Å². The molecule has 1 amide bonds. The number of aryl methyl sites for hydroxylation is 2. The van der Waals surface area contributed by atoms with Gasteiger partial charge >= 0.3 is 0 Å². The molecule has 0 spiro atoms. The fraction of sp³-hybridized carbons (Fsp3) is 0.438. The summed E-state index contributed by atoms with van der Waals surface area (Å²) in [6.07, 6.45) is 1.33. The maximum absolute atomic E-state index is 12.3. The first-order valence-corrected chi connectivity index (χ1v) is 8.32. The molecule has 1 fully saturated rings. The van der Waals surface area contributed by atoms with Crippen molar-refractivity contribution in [2.75, 3.05) is 13.1 Å². The van der Waals surface area contributed by atoms with E-state index in [1.165, 1.54) is 0 Å². The Labute approximate surface area is 134 Å². The number of carbonyl (C=O) groups is 1. The first-order valence-electron chi connectivity index (χ1n) is 7.38. The number of hydrogen-bond donors (Lipinski definition) is 0. The molecule has 1 saturated heterocycles. The molecule has 1 aliphatic heterocycles. The lowest BCUT2D eigenvalue weighted by Gasteiger charge is -2.17. The third-order valence-corrected chi connectivity index (χ3v) is 4.40. The minimum absolute atomic E-state index is 0.0140. The number of ether oxygens (including phenoxy) is 1. The van der Waals surface area contributed by atoms with Crippen molar-refractivity contribution in [1.82, 2.24) is 14.9 Å². The molecule has 3 rings (SSSR count). The van der Waals surface area contributed by atoms with Gasteiger partial charge in [0.15, 0.2) is 0 Å². The Morgan fingerprint density at radius 1 is 1.45 bits per heavy atom. The largest absolute Gasteiger partial charge is 0.472 e. The molecule has 22 heavy (non-hydrogen) atoms. The predicted molar refractivity (Wildman–Crippen MR) is 85.1 cm³/mol. The minimum Gasteiger partial charge on any atom is -0.472 e. The van der Waals surface area contributed by atoms with Gasteiger partial charge in [0.05, 0.1) is 13.0 Å². The van der Waals surface area contributed by atoms with E-state index in [0.717, 1.165) is 24.2 Å². The monoisotopic (exact) mass is 317 g/mol. The normalized spacial score (nSPS) is 17.7. The zero-order valence-electron chi connectivity index (χ0n) is 12.8. The number of likely N-dealkylation sites (tertiary alicyclic amines) is 1. The van der Waals surface area contributed by atoms with Crippen LogP contribution in [0.1, 0.15) is 23.5 Å². The highest BCUT2D eigenvalue weighted by atomic mass is 32.1. The molecule has 3 heterocycles. The number of hydrogen-bond acceptors (Lipinski definition) is 5. The lowest BCUT2D eigenvalue weighted by atomic mass is 10.2. The highest BCUT2D eigenvalue weighted by molar-refractivity contribution is 7.07. The second-order valence-electron chi connectivity index (χ2n) is 5.57. The number of amides is 1. The summed E-state index contributed by atoms with van der Waals surface area (Å²) in [7, 11) is 0. The number of rotatable bonds is 4. The van der Waals surface area contributed by atoms with Gasteiger partial charge in [-0.2, -0.15) is 16.3 Å². The van der Waals surface area contributed by atoms with Gasteiger partial charge in [0.2, 0.25) is 11.8 Å². The molecule has 0 radical (unpaired) electrons. The zero-order valence-corrected chi connectivity index (χ0v) is 13.6. The Bertz CT molecular complexity index is 637. The summed E-state index contributed by atoms with van der Waals surface area (Å²) in [6.45, 7) is 5.15. The van der Waals surface area contributed by atoms with Crippen LogP contribution in [0.2, 0.25) is 0 Å². The number of carbonyl (C=O) groups excluding carboxylic acids is 1. The molecule has 2 aromatic heterocycles. The summed E-state index contributed by atoms with van der Waals surface area (Å²) in [6, 6.07) is 3.84. The van der Waals surface area contributed by atoms with Gasteiger partial charge in [-0.05, 0) is 36.2 Å². The van der Waals surface area contributed by atoms with E-state index in [9.17, 15) is 4.79 Å². The smallest absolute Gasteiger partial charge is 0.227 e. The number of thiophene rings is 1. The molecule has 116 valence electrons. The van der Waals surface area contributed by atoms with E-state index >= 15 is 0 Å². The van der Waals surface area contributed by atoms with E-state index in [0.29, 0.717) is 24.7 Å². The van der Waals surface area contributed by atoms with Gasteiger partial charge in [-0.15, -0.1) is 0 Å². The van der Waals surface area contributed by atoms with E-state index in [4.69, 9.17) is 4.74 Å². The van der Waals surface area contributed by atoms with E-state index < -0.39 is 0 Å². The molecule has 0 saturated carbocycles. The fourth-order valence-electron chi connectivity index (χ4n) is 2.64. The second-order valence-corrected chi connectivity index (χ2v) is 6.35. The fourth-order valence-corrected chi connectivity index (χ4v) is 3.31. The number of aromatic nitrogens is 2. The first-order chi connectivity index (χ1) is 10.6. The molecular formula is C16H19N3O2S. The summed E-state index contributed by atoms with van der Waals surface area (Å²) >= 11 is 1.62. The number of nitrogens with zero attached hydrogens (tertiary/aromatic N) is 3. The summed E-state index contributed by atoms with van der Waals surface area (Å²) in [5.41, 5.74) is 1.98. The van der Waals surface area contributed by atoms with Crippen molar-refractivity contribution in [3.05, 3.63) is 40.0 Å². The second kappa shape index (κ2) is 6.44. The van der Waals surface area contributed by atoms with Crippen molar-refractivity contribution in [3.63, 3.8) is 0 Å². The average molecular weight is 317 g/mol. The van der Waals surface area contributed by atoms with Crippen LogP contribution in [0, 0.1) is 13.8 Å². The van der Waals surface area contributed by atoms with Gasteiger partial charge in [-0.3, -0.25) is 4.79 Å². The molecule has 6 heteroatoms. The van der Waals surface area contributed by atoms with Gasteiger partial charge in [0.25, 0.3) is 0 Å². The average Bonchev–Trinajstić information content (AvgIpc) is 3.09. The Hall–Kier alpha value is -1.95. The van der Waals surface area contributed by atoms with Crippen molar-refractivity contribution >= 4 is 17.2 Å². The van der Waals surface area contributed by atoms with Crippen molar-refractivity contribution in [3.8, 4) is 5.88 Å². The maximum Gasteiger partial charge on any atom is 0.227 e. The van der Waals surface area contributed by atoms with Gasteiger partial charge in [-0.25, -0.2) is 4.98 Å². The van der Waals surface area contributed by atoms with E-state index in [-0.39, 0.29) is 12.0 Å². The topological polar surface area (TPSA) is 55.3 Å². The summed E-state index contributed by atoms with van der Waals surface area (Å²) in [5.74, 6) is 1.47. The standard InChI is InChI=1S/C16H19N3O2S/c1-11-7-15(18-12(2)17-11)21-14-3-5-19(9-14)16(20)8-13-4-6-22-10-13/h4,6-7,10,14H,3,5,8-9H2,1-2H3/t14-/m1/s1. The molecule has 0 N–H and O–H groups in total. The molecule has 1 aliphatic rings. The van der Waals surface area contributed by atoms with Crippen molar-refractivity contribution in [2.24, 2.45) is 0 Å². The maximum atomic E-state index is 12.3. The highest BCUT2D eigenvalue weighted by Crippen LogP contribution is 2.18. The molecule has 0 bridgehead atoms. The van der Waals surface area contributed by atoms with E-state index in [1.54, 1.807) is 11.3 Å². The Kier molecular flexibility index (Phi) is 4.38. The van der Waals surface area contributed by atoms with Crippen LogP contribution >= 0.6 is 11.3 Å². The summed E-state index contributed by atoms with van der Waals surface area (Å²) in [5, 5.41) is 4.02. The van der Waals surface area contributed by atoms with Crippen molar-refractivity contribution in [1.29, 1.82) is 0 Å². The van der Waals surface area contributed by atoms with Crippen LogP contribution in [0.25, 0.3) is 0 Å². The van der Waals surface area contributed by atoms with Gasteiger partial charge in [0, 0.05) is 24.7 Å². The van der Waals surface area contributed by atoms with Crippen LogP contribution in [0.15, 0.2) is 22.9 Å².